The Morgan fingerprint density at radius 2 is 2.04 bits per heavy atom. The number of carbonyl (C=O) groups excluding carboxylic acids is 1. The topological polar surface area (TPSA) is 76.6 Å². The first-order chi connectivity index (χ1) is 11.7. The monoisotopic (exact) mass is 351 g/mol. The first-order valence-electron chi connectivity index (χ1n) is 9.08. The molecule has 2 rings (SSSR count). The van der Waals surface area contributed by atoms with Crippen LogP contribution < -0.4 is 5.73 Å². The van der Waals surface area contributed by atoms with Crippen LogP contribution in [0.3, 0.4) is 0 Å². The molecule has 1 amide bonds. The zero-order valence-electron chi connectivity index (χ0n) is 16.2. The van der Waals surface area contributed by atoms with Crippen molar-refractivity contribution in [2.24, 2.45) is 5.73 Å². The van der Waals surface area contributed by atoms with Gasteiger partial charge in [-0.05, 0) is 60.7 Å². The maximum absolute atomic E-state index is 12.1. The van der Waals surface area contributed by atoms with Gasteiger partial charge in [-0.25, -0.2) is 4.79 Å². The van der Waals surface area contributed by atoms with Gasteiger partial charge in [-0.15, -0.1) is 0 Å². The normalized spacial score (nSPS) is 17.8. The van der Waals surface area contributed by atoms with E-state index < -0.39 is 5.60 Å². The van der Waals surface area contributed by atoms with E-state index in [2.05, 4.69) is 30.3 Å². The Labute approximate surface area is 151 Å². The maximum Gasteiger partial charge on any atom is 0.410 e. The minimum Gasteiger partial charge on any atom is -0.444 e. The summed E-state index contributed by atoms with van der Waals surface area (Å²) in [5.41, 5.74) is 6.89. The van der Waals surface area contributed by atoms with Gasteiger partial charge in [0.15, 0.2) is 0 Å². The summed E-state index contributed by atoms with van der Waals surface area (Å²) < 4.78 is 7.46. The molecule has 1 fully saturated rings. The van der Waals surface area contributed by atoms with Gasteiger partial charge in [0.05, 0.1) is 12.2 Å². The Morgan fingerprint density at radius 1 is 1.40 bits per heavy atom. The van der Waals surface area contributed by atoms with Gasteiger partial charge >= 0.3 is 6.09 Å². The number of hydrogen-bond donors (Lipinski definition) is 1. The second kappa shape index (κ2) is 8.19. The quantitative estimate of drug-likeness (QED) is 0.881. The van der Waals surface area contributed by atoms with Gasteiger partial charge in [0.1, 0.15) is 5.60 Å². The molecule has 0 bridgehead atoms. The highest BCUT2D eigenvalue weighted by Crippen LogP contribution is 2.25. The van der Waals surface area contributed by atoms with Gasteiger partial charge < -0.3 is 20.3 Å². The fourth-order valence-electron chi connectivity index (χ4n) is 2.95. The lowest BCUT2D eigenvalue weighted by molar-refractivity contribution is 0.0185. The fraction of sp³-hybridized carbons (Fsp3) is 0.778. The summed E-state index contributed by atoms with van der Waals surface area (Å²) >= 11 is 0. The number of likely N-dealkylation sites (tertiary alicyclic amines) is 1. The second-order valence-corrected chi connectivity index (χ2v) is 8.15. The molecule has 7 heteroatoms. The molecule has 0 aromatic carbocycles. The number of rotatable bonds is 5. The third-order valence-corrected chi connectivity index (χ3v) is 4.43. The van der Waals surface area contributed by atoms with Crippen LogP contribution in [0.4, 0.5) is 4.79 Å². The number of hydrogen-bond acceptors (Lipinski definition) is 5. The number of amides is 1. The first-order valence-corrected chi connectivity index (χ1v) is 9.08. The number of aromatic nitrogens is 2. The van der Waals surface area contributed by atoms with Crippen LogP contribution in [0.5, 0.6) is 0 Å². The molecule has 1 aliphatic rings. The molecule has 1 aliphatic heterocycles. The second-order valence-electron chi connectivity index (χ2n) is 8.15. The highest BCUT2D eigenvalue weighted by molar-refractivity contribution is 5.68. The lowest BCUT2D eigenvalue weighted by Crippen LogP contribution is -2.42. The van der Waals surface area contributed by atoms with Gasteiger partial charge in [0.2, 0.25) is 0 Å². The predicted molar refractivity (Wildman–Crippen MR) is 98.4 cm³/mol. The molecule has 2 N–H and O–H groups in total. The van der Waals surface area contributed by atoms with E-state index in [1.807, 2.05) is 31.6 Å². The van der Waals surface area contributed by atoms with Gasteiger partial charge in [0.25, 0.3) is 0 Å². The van der Waals surface area contributed by atoms with Crippen LogP contribution in [0.1, 0.15) is 57.7 Å². The average molecular weight is 351 g/mol. The largest absolute Gasteiger partial charge is 0.444 e. The number of ether oxygens (including phenoxy) is 1. The third-order valence-electron chi connectivity index (χ3n) is 4.43. The molecule has 1 unspecified atom stereocenters. The van der Waals surface area contributed by atoms with Crippen molar-refractivity contribution in [3.05, 3.63) is 18.0 Å². The lowest BCUT2D eigenvalue weighted by Gasteiger charge is -2.33. The highest BCUT2D eigenvalue weighted by atomic mass is 16.6. The van der Waals surface area contributed by atoms with Crippen molar-refractivity contribution in [2.45, 2.75) is 57.7 Å². The molecule has 0 aliphatic carbocycles. The number of nitrogens with two attached hydrogens (primary N) is 1. The summed E-state index contributed by atoms with van der Waals surface area (Å²) in [4.78, 5) is 16.1. The summed E-state index contributed by atoms with van der Waals surface area (Å²) in [6, 6.07) is 0.325. The molecule has 0 spiro atoms. The van der Waals surface area contributed by atoms with Crippen LogP contribution >= 0.6 is 0 Å². The molecule has 1 aromatic heterocycles. The summed E-state index contributed by atoms with van der Waals surface area (Å²) in [6.45, 7) is 8.02. The Balaban J connectivity index is 1.86. The molecule has 2 heterocycles. The highest BCUT2D eigenvalue weighted by Gasteiger charge is 2.28. The Kier molecular flexibility index (Phi) is 6.46. The number of carbonyl (C=O) groups is 1. The van der Waals surface area contributed by atoms with E-state index in [-0.39, 0.29) is 12.1 Å². The van der Waals surface area contributed by atoms with Crippen molar-refractivity contribution in [3.8, 4) is 0 Å². The average Bonchev–Trinajstić information content (AvgIpc) is 3.01. The van der Waals surface area contributed by atoms with Crippen molar-refractivity contribution in [1.29, 1.82) is 0 Å². The standard InChI is InChI=1S/C18H33N5O2/c1-18(2,3)25-17(24)22-10-6-15(7-11-22)23-13-14(12-20-23)16(19)8-9-21(4)5/h12-13,15-16H,6-11,19H2,1-5H3. The van der Waals surface area contributed by atoms with Crippen LogP contribution in [0.25, 0.3) is 0 Å². The minimum atomic E-state index is -0.451. The van der Waals surface area contributed by atoms with Crippen LogP contribution in [0.2, 0.25) is 0 Å². The van der Waals surface area contributed by atoms with Crippen molar-refractivity contribution < 1.29 is 9.53 Å². The van der Waals surface area contributed by atoms with E-state index in [9.17, 15) is 4.79 Å². The number of nitrogens with zero attached hydrogens (tertiary/aromatic N) is 4. The summed E-state index contributed by atoms with van der Waals surface area (Å²) in [6.07, 6.45) is 6.39. The Hall–Kier alpha value is -1.60. The molecule has 0 saturated carbocycles. The van der Waals surface area contributed by atoms with E-state index in [0.717, 1.165) is 31.4 Å². The van der Waals surface area contributed by atoms with E-state index in [1.165, 1.54) is 0 Å². The Bertz CT molecular complexity index is 556. The molecule has 7 nitrogen and oxygen atoms in total. The van der Waals surface area contributed by atoms with E-state index in [1.54, 1.807) is 4.90 Å². The molecule has 0 radical (unpaired) electrons. The fourth-order valence-corrected chi connectivity index (χ4v) is 2.95. The number of piperidine rings is 1. The van der Waals surface area contributed by atoms with E-state index in [4.69, 9.17) is 10.5 Å². The Morgan fingerprint density at radius 3 is 2.60 bits per heavy atom. The van der Waals surface area contributed by atoms with E-state index in [0.29, 0.717) is 19.1 Å². The smallest absolute Gasteiger partial charge is 0.410 e. The lowest BCUT2D eigenvalue weighted by atomic mass is 10.1. The van der Waals surface area contributed by atoms with Crippen molar-refractivity contribution in [3.63, 3.8) is 0 Å². The van der Waals surface area contributed by atoms with Gasteiger partial charge in [-0.3, -0.25) is 4.68 Å². The SMILES string of the molecule is CN(C)CCC(N)c1cnn(C2CCN(C(=O)OC(C)(C)C)CC2)c1. The predicted octanol–water partition coefficient (Wildman–Crippen LogP) is 2.41. The summed E-state index contributed by atoms with van der Waals surface area (Å²) in [5.74, 6) is 0. The molecular formula is C18H33N5O2. The van der Waals surface area contributed by atoms with Gasteiger partial charge in [-0.2, -0.15) is 5.10 Å². The maximum atomic E-state index is 12.1. The van der Waals surface area contributed by atoms with Gasteiger partial charge in [-0.1, -0.05) is 0 Å². The van der Waals surface area contributed by atoms with Crippen LogP contribution in [0.15, 0.2) is 12.4 Å². The molecule has 25 heavy (non-hydrogen) atoms. The van der Waals surface area contributed by atoms with E-state index >= 15 is 0 Å². The van der Waals surface area contributed by atoms with Crippen molar-refractivity contribution in [2.75, 3.05) is 33.7 Å². The molecular weight excluding hydrogens is 318 g/mol. The van der Waals surface area contributed by atoms with Crippen LogP contribution in [-0.4, -0.2) is 65.0 Å². The molecule has 1 aromatic rings. The molecule has 1 atom stereocenters. The van der Waals surface area contributed by atoms with Crippen LogP contribution in [-0.2, 0) is 4.74 Å². The zero-order chi connectivity index (χ0) is 18.6. The third kappa shape index (κ3) is 6.01. The minimum absolute atomic E-state index is 0.0120. The molecule has 1 saturated heterocycles. The molecule has 142 valence electrons. The van der Waals surface area contributed by atoms with Crippen molar-refractivity contribution in [1.82, 2.24) is 19.6 Å². The zero-order valence-corrected chi connectivity index (χ0v) is 16.2. The first kappa shape index (κ1) is 19.7. The van der Waals surface area contributed by atoms with Crippen molar-refractivity contribution >= 4 is 6.09 Å². The summed E-state index contributed by atoms with van der Waals surface area (Å²) in [7, 11) is 4.10. The summed E-state index contributed by atoms with van der Waals surface area (Å²) in [5, 5.41) is 4.51. The van der Waals surface area contributed by atoms with Gasteiger partial charge in [0, 0.05) is 30.9 Å². The van der Waals surface area contributed by atoms with Crippen LogP contribution in [0, 0.1) is 0 Å².